The van der Waals surface area contributed by atoms with E-state index in [0.717, 1.165) is 4.57 Å². The van der Waals surface area contributed by atoms with E-state index in [1.165, 1.54) is 0 Å². The molecule has 0 aliphatic heterocycles. The number of carbonyl (C=O) groups excluding carboxylic acids is 3. The van der Waals surface area contributed by atoms with Crippen molar-refractivity contribution in [1.29, 1.82) is 0 Å². The minimum atomic E-state index is -2.88. The lowest BCUT2D eigenvalue weighted by Crippen LogP contribution is -2.77. The standard InChI is InChI=1S/C14H31NO6Si3/c1-22(2,3)10-11(16)15(23(4,5)6)14(12(17)18,13(19)20)21-24(7,8)9/h10H2,1-9H3,(H,17,18)(H,19,20)/p-2. The largest absolute Gasteiger partial charge is 0.545 e. The number of rotatable bonds is 8. The fourth-order valence-electron chi connectivity index (χ4n) is 2.39. The number of amides is 1. The maximum atomic E-state index is 12.9. The van der Waals surface area contributed by atoms with Gasteiger partial charge in [-0.2, -0.15) is 0 Å². The molecule has 10 heteroatoms. The highest BCUT2D eigenvalue weighted by molar-refractivity contribution is 6.81. The second-order valence-electron chi connectivity index (χ2n) is 9.07. The van der Waals surface area contributed by atoms with Gasteiger partial charge in [0.1, 0.15) is 0 Å². The van der Waals surface area contributed by atoms with Gasteiger partial charge < -0.3 is 28.8 Å². The molecule has 1 amide bonds. The summed E-state index contributed by atoms with van der Waals surface area (Å²) in [5, 5.41) is 23.8. The molecular formula is C14H29NO6Si3-2. The van der Waals surface area contributed by atoms with Gasteiger partial charge in [-0.15, -0.1) is 0 Å². The first-order chi connectivity index (χ1) is 10.3. The van der Waals surface area contributed by atoms with Crippen molar-refractivity contribution >= 4 is 42.5 Å². The molecule has 140 valence electrons. The van der Waals surface area contributed by atoms with E-state index in [4.69, 9.17) is 4.43 Å². The predicted molar refractivity (Wildman–Crippen MR) is 95.5 cm³/mol. The highest BCUT2D eigenvalue weighted by Gasteiger charge is 2.52. The molecule has 0 bridgehead atoms. The second-order valence-corrected chi connectivity index (χ2v) is 23.8. The van der Waals surface area contributed by atoms with E-state index >= 15 is 0 Å². The molecule has 0 aliphatic carbocycles. The van der Waals surface area contributed by atoms with Crippen molar-refractivity contribution in [2.24, 2.45) is 0 Å². The number of aliphatic carboxylic acids is 2. The molecule has 0 rings (SSSR count). The van der Waals surface area contributed by atoms with Crippen molar-refractivity contribution in [2.75, 3.05) is 0 Å². The number of carbonyl (C=O) groups is 3. The quantitative estimate of drug-likeness (QED) is 0.328. The van der Waals surface area contributed by atoms with Gasteiger partial charge in [-0.3, -0.25) is 4.79 Å². The van der Waals surface area contributed by atoms with Crippen molar-refractivity contribution in [3.8, 4) is 0 Å². The molecule has 0 radical (unpaired) electrons. The molecule has 0 atom stereocenters. The zero-order valence-electron chi connectivity index (χ0n) is 16.1. The zero-order valence-corrected chi connectivity index (χ0v) is 19.1. The van der Waals surface area contributed by atoms with Crippen LogP contribution in [0.25, 0.3) is 0 Å². The lowest BCUT2D eigenvalue weighted by molar-refractivity contribution is -0.356. The Morgan fingerprint density at radius 2 is 1.25 bits per heavy atom. The number of carboxylic acid groups (broad SMARTS) is 2. The normalized spacial score (nSPS) is 13.5. The molecule has 0 unspecified atom stereocenters. The fraction of sp³-hybridized carbons (Fsp3) is 0.786. The number of hydrogen-bond donors (Lipinski definition) is 0. The molecule has 0 saturated heterocycles. The van der Waals surface area contributed by atoms with Gasteiger partial charge in [0.15, 0.2) is 16.6 Å². The molecule has 0 heterocycles. The van der Waals surface area contributed by atoms with E-state index in [-0.39, 0.29) is 6.04 Å². The third kappa shape index (κ3) is 5.83. The molecule has 0 saturated carbocycles. The molecule has 0 aliphatic rings. The highest BCUT2D eigenvalue weighted by Crippen LogP contribution is 2.30. The van der Waals surface area contributed by atoms with Crippen LogP contribution in [-0.4, -0.2) is 52.8 Å². The average molecular weight is 392 g/mol. The van der Waals surface area contributed by atoms with Crippen molar-refractivity contribution in [3.63, 3.8) is 0 Å². The molecule has 0 fully saturated rings. The van der Waals surface area contributed by atoms with Crippen molar-refractivity contribution < 1.29 is 29.0 Å². The Balaban J connectivity index is 6.46. The summed E-state index contributed by atoms with van der Waals surface area (Å²) in [5.41, 5.74) is -2.88. The van der Waals surface area contributed by atoms with Crippen LogP contribution in [-0.2, 0) is 18.8 Å². The maximum absolute atomic E-state index is 12.9. The summed E-state index contributed by atoms with van der Waals surface area (Å²) in [7, 11) is -7.32. The summed E-state index contributed by atoms with van der Waals surface area (Å²) in [6.45, 7) is 15.9. The van der Waals surface area contributed by atoms with Crippen molar-refractivity contribution in [2.45, 2.75) is 70.7 Å². The van der Waals surface area contributed by atoms with E-state index in [2.05, 4.69) is 0 Å². The Bertz CT molecular complexity index is 502. The monoisotopic (exact) mass is 391 g/mol. The molecule has 7 nitrogen and oxygen atoms in total. The second kappa shape index (κ2) is 7.10. The minimum absolute atomic E-state index is 0.120. The van der Waals surface area contributed by atoms with Crippen molar-refractivity contribution in [3.05, 3.63) is 0 Å². The maximum Gasteiger partial charge on any atom is 0.214 e. The fourth-order valence-corrected chi connectivity index (χ4v) is 6.85. The Morgan fingerprint density at radius 1 is 0.875 bits per heavy atom. The van der Waals surface area contributed by atoms with Crippen LogP contribution in [0.4, 0.5) is 0 Å². The third-order valence-electron chi connectivity index (χ3n) is 2.92. The van der Waals surface area contributed by atoms with Gasteiger partial charge in [-0.1, -0.05) is 39.3 Å². The summed E-state index contributed by atoms with van der Waals surface area (Å²) >= 11 is 0. The van der Waals surface area contributed by atoms with Gasteiger partial charge in [-0.05, 0) is 19.6 Å². The van der Waals surface area contributed by atoms with E-state index in [0.29, 0.717) is 0 Å². The number of nitrogens with zero attached hydrogens (tertiary/aromatic N) is 1. The van der Waals surface area contributed by atoms with Gasteiger partial charge in [-0.25, -0.2) is 0 Å². The van der Waals surface area contributed by atoms with E-state index in [9.17, 15) is 24.6 Å². The minimum Gasteiger partial charge on any atom is -0.545 e. The predicted octanol–water partition coefficient (Wildman–Crippen LogP) is 0.0357. The van der Waals surface area contributed by atoms with Crippen molar-refractivity contribution in [1.82, 2.24) is 4.57 Å². The topological polar surface area (TPSA) is 110 Å². The van der Waals surface area contributed by atoms with Gasteiger partial charge >= 0.3 is 0 Å². The zero-order chi connectivity index (χ0) is 19.7. The highest BCUT2D eigenvalue weighted by atomic mass is 28.4. The number of hydrogen-bond acceptors (Lipinski definition) is 6. The molecular weight excluding hydrogens is 362 g/mol. The van der Waals surface area contributed by atoms with Gasteiger partial charge in [0, 0.05) is 6.04 Å². The van der Waals surface area contributed by atoms with Crippen LogP contribution in [0, 0.1) is 0 Å². The first-order valence-corrected chi connectivity index (χ1v) is 18.4. The van der Waals surface area contributed by atoms with Crippen LogP contribution < -0.4 is 10.2 Å². The van der Waals surface area contributed by atoms with Gasteiger partial charge in [0.05, 0.1) is 20.0 Å². The Labute approximate surface area is 147 Å². The van der Waals surface area contributed by atoms with Crippen LogP contribution in [0.15, 0.2) is 0 Å². The molecule has 0 aromatic rings. The van der Waals surface area contributed by atoms with E-state index in [1.54, 1.807) is 39.3 Å². The summed E-state index contributed by atoms with van der Waals surface area (Å²) in [6, 6.07) is 0.120. The van der Waals surface area contributed by atoms with E-state index < -0.39 is 48.2 Å². The average Bonchev–Trinajstić information content (AvgIpc) is 2.20. The Morgan fingerprint density at radius 3 is 1.46 bits per heavy atom. The van der Waals surface area contributed by atoms with Crippen LogP contribution in [0.1, 0.15) is 0 Å². The lowest BCUT2D eigenvalue weighted by Gasteiger charge is -2.53. The van der Waals surface area contributed by atoms with Gasteiger partial charge in [0.2, 0.25) is 11.6 Å². The van der Waals surface area contributed by atoms with Crippen LogP contribution in [0.3, 0.4) is 0 Å². The molecule has 0 spiro atoms. The smallest absolute Gasteiger partial charge is 0.214 e. The summed E-state index contributed by atoms with van der Waals surface area (Å²) in [4.78, 5) is 36.7. The Hall–Kier alpha value is -0.979. The number of carboxylic acids is 2. The Kier molecular flexibility index (Phi) is 6.81. The molecule has 0 aromatic heterocycles. The summed E-state index contributed by atoms with van der Waals surface area (Å²) in [6.07, 6.45) is 0. The van der Waals surface area contributed by atoms with Crippen LogP contribution in [0.5, 0.6) is 0 Å². The lowest BCUT2D eigenvalue weighted by atomic mass is 10.2. The molecule has 0 aromatic carbocycles. The van der Waals surface area contributed by atoms with Crippen LogP contribution >= 0.6 is 0 Å². The summed E-state index contributed by atoms with van der Waals surface area (Å²) < 4.78 is 6.46. The molecule has 24 heavy (non-hydrogen) atoms. The van der Waals surface area contributed by atoms with E-state index in [1.807, 2.05) is 19.6 Å². The SMILES string of the molecule is C[Si](C)(C)CC(=O)N(C(O[Si](C)(C)C)(C(=O)[O-])C(=O)[O-])[Si](C)(C)C. The third-order valence-corrected chi connectivity index (χ3v) is 7.10. The first kappa shape index (κ1) is 23.0. The van der Waals surface area contributed by atoms with Crippen LogP contribution in [0.2, 0.25) is 65.0 Å². The molecule has 0 N–H and O–H groups in total. The summed E-state index contributed by atoms with van der Waals surface area (Å²) in [5.74, 6) is -4.45. The van der Waals surface area contributed by atoms with Gasteiger partial charge in [0.25, 0.3) is 0 Å². The first-order valence-electron chi connectivity index (χ1n) is 7.81.